The van der Waals surface area contributed by atoms with Gasteiger partial charge >= 0.3 is 0 Å². The number of carbonyl (C=O) groups is 2. The first-order valence-electron chi connectivity index (χ1n) is 7.61. The molecule has 0 aliphatic rings. The van der Waals surface area contributed by atoms with Gasteiger partial charge in [0, 0.05) is 25.5 Å². The van der Waals surface area contributed by atoms with Crippen LogP contribution in [0, 0.1) is 5.92 Å². The van der Waals surface area contributed by atoms with E-state index in [1.165, 1.54) is 6.20 Å². The summed E-state index contributed by atoms with van der Waals surface area (Å²) in [5, 5.41) is 2.80. The molecule has 23 heavy (non-hydrogen) atoms. The van der Waals surface area contributed by atoms with Crippen LogP contribution in [0.25, 0.3) is 0 Å². The van der Waals surface area contributed by atoms with Gasteiger partial charge in [-0.3, -0.25) is 14.6 Å². The van der Waals surface area contributed by atoms with Crippen LogP contribution < -0.4 is 5.32 Å². The largest absolute Gasteiger partial charge is 0.351 e. The summed E-state index contributed by atoms with van der Waals surface area (Å²) in [6, 6.07) is 3.39. The van der Waals surface area contributed by atoms with Crippen LogP contribution in [-0.2, 0) is 4.79 Å². The highest BCUT2D eigenvalue weighted by molar-refractivity contribution is 5.99. The van der Waals surface area contributed by atoms with Crippen molar-refractivity contribution in [1.82, 2.24) is 15.2 Å². The van der Waals surface area contributed by atoms with Gasteiger partial charge in [0.2, 0.25) is 5.91 Å². The van der Waals surface area contributed by atoms with Crippen molar-refractivity contribution in [3.63, 3.8) is 0 Å². The standard InChI is InChI=1S/C18H25N3O2/c1-6-10-20-17(23)18(5,14(3)4)21(12-7-2)16(22)15-9-8-11-19-13-15/h6-9,11,13-14H,1-2,10,12H2,3-5H3,(H,20,23). The Morgan fingerprint density at radius 1 is 1.39 bits per heavy atom. The van der Waals surface area contributed by atoms with Crippen molar-refractivity contribution in [2.75, 3.05) is 13.1 Å². The second kappa shape index (κ2) is 8.27. The molecule has 124 valence electrons. The lowest BCUT2D eigenvalue weighted by Crippen LogP contribution is -2.62. The molecule has 5 heteroatoms. The third-order valence-corrected chi connectivity index (χ3v) is 4.02. The maximum atomic E-state index is 12.9. The lowest BCUT2D eigenvalue weighted by Gasteiger charge is -2.42. The summed E-state index contributed by atoms with van der Waals surface area (Å²) < 4.78 is 0. The quantitative estimate of drug-likeness (QED) is 0.749. The Morgan fingerprint density at radius 2 is 2.09 bits per heavy atom. The van der Waals surface area contributed by atoms with E-state index in [1.54, 1.807) is 42.3 Å². The predicted octanol–water partition coefficient (Wildman–Crippen LogP) is 2.43. The minimum Gasteiger partial charge on any atom is -0.351 e. The molecule has 5 nitrogen and oxygen atoms in total. The number of nitrogens with zero attached hydrogens (tertiary/aromatic N) is 2. The van der Waals surface area contributed by atoms with Crippen molar-refractivity contribution >= 4 is 11.8 Å². The lowest BCUT2D eigenvalue weighted by atomic mass is 9.84. The van der Waals surface area contributed by atoms with Crippen LogP contribution in [0.5, 0.6) is 0 Å². The SMILES string of the molecule is C=CCNC(=O)C(C)(C(C)C)N(CC=C)C(=O)c1cccnc1. The summed E-state index contributed by atoms with van der Waals surface area (Å²) in [6.45, 7) is 13.5. The van der Waals surface area contributed by atoms with Crippen molar-refractivity contribution in [2.24, 2.45) is 5.92 Å². The first-order chi connectivity index (χ1) is 10.9. The van der Waals surface area contributed by atoms with Gasteiger partial charge in [0.1, 0.15) is 5.54 Å². The molecule has 1 N–H and O–H groups in total. The third-order valence-electron chi connectivity index (χ3n) is 4.02. The molecule has 1 unspecified atom stereocenters. The normalized spacial score (nSPS) is 13.0. The fourth-order valence-corrected chi connectivity index (χ4v) is 2.30. The maximum Gasteiger partial charge on any atom is 0.256 e. The Bertz CT molecular complexity index is 569. The molecule has 0 saturated carbocycles. The zero-order valence-corrected chi connectivity index (χ0v) is 14.1. The van der Waals surface area contributed by atoms with E-state index in [-0.39, 0.29) is 24.3 Å². The van der Waals surface area contributed by atoms with Crippen LogP contribution in [-0.4, -0.2) is 40.3 Å². The van der Waals surface area contributed by atoms with Crippen LogP contribution in [0.3, 0.4) is 0 Å². The molecule has 0 radical (unpaired) electrons. The summed E-state index contributed by atoms with van der Waals surface area (Å²) in [4.78, 5) is 31.1. The highest BCUT2D eigenvalue weighted by atomic mass is 16.2. The van der Waals surface area contributed by atoms with Crippen molar-refractivity contribution in [2.45, 2.75) is 26.3 Å². The van der Waals surface area contributed by atoms with Crippen LogP contribution in [0.1, 0.15) is 31.1 Å². The minimum absolute atomic E-state index is 0.0899. The summed E-state index contributed by atoms with van der Waals surface area (Å²) >= 11 is 0. The number of rotatable bonds is 8. The van der Waals surface area contributed by atoms with E-state index in [1.807, 2.05) is 13.8 Å². The number of carbonyl (C=O) groups excluding carboxylic acids is 2. The van der Waals surface area contributed by atoms with Crippen molar-refractivity contribution in [3.05, 3.63) is 55.4 Å². The Labute approximate surface area is 138 Å². The molecule has 0 saturated heterocycles. The fraction of sp³-hybridized carbons (Fsp3) is 0.389. The van der Waals surface area contributed by atoms with Gasteiger partial charge in [0.25, 0.3) is 5.91 Å². The van der Waals surface area contributed by atoms with Gasteiger partial charge in [-0.05, 0) is 25.0 Å². The summed E-state index contributed by atoms with van der Waals surface area (Å²) in [6.07, 6.45) is 6.34. The second-order valence-corrected chi connectivity index (χ2v) is 5.75. The van der Waals surface area contributed by atoms with Gasteiger partial charge in [0.05, 0.1) is 5.56 Å². The smallest absolute Gasteiger partial charge is 0.256 e. The number of hydrogen-bond donors (Lipinski definition) is 1. The van der Waals surface area contributed by atoms with Gasteiger partial charge in [-0.2, -0.15) is 0 Å². The predicted molar refractivity (Wildman–Crippen MR) is 91.9 cm³/mol. The Kier molecular flexibility index (Phi) is 6.69. The van der Waals surface area contributed by atoms with Crippen molar-refractivity contribution < 1.29 is 9.59 Å². The van der Waals surface area contributed by atoms with E-state index in [0.29, 0.717) is 12.1 Å². The molecule has 0 fully saturated rings. The van der Waals surface area contributed by atoms with Crippen LogP contribution >= 0.6 is 0 Å². The lowest BCUT2D eigenvalue weighted by molar-refractivity contribution is -0.133. The molecule has 1 aromatic heterocycles. The molecule has 1 atom stereocenters. The molecule has 0 spiro atoms. The average molecular weight is 315 g/mol. The van der Waals surface area contributed by atoms with E-state index in [2.05, 4.69) is 23.5 Å². The number of aromatic nitrogens is 1. The zero-order chi connectivity index (χ0) is 17.5. The van der Waals surface area contributed by atoms with E-state index >= 15 is 0 Å². The third kappa shape index (κ3) is 4.06. The highest BCUT2D eigenvalue weighted by Crippen LogP contribution is 2.27. The molecule has 0 aliphatic carbocycles. The number of amides is 2. The van der Waals surface area contributed by atoms with Gasteiger partial charge in [-0.1, -0.05) is 26.0 Å². The van der Waals surface area contributed by atoms with Gasteiger partial charge in [0.15, 0.2) is 0 Å². The van der Waals surface area contributed by atoms with Gasteiger partial charge in [-0.25, -0.2) is 0 Å². The molecular weight excluding hydrogens is 290 g/mol. The molecular formula is C18H25N3O2. The average Bonchev–Trinajstić information content (AvgIpc) is 2.56. The first kappa shape index (κ1) is 18.6. The number of pyridine rings is 1. The Balaban J connectivity index is 3.25. The second-order valence-electron chi connectivity index (χ2n) is 5.75. The van der Waals surface area contributed by atoms with E-state index in [0.717, 1.165) is 0 Å². The topological polar surface area (TPSA) is 62.3 Å². The summed E-state index contributed by atoms with van der Waals surface area (Å²) in [5.74, 6) is -0.553. The maximum absolute atomic E-state index is 12.9. The number of hydrogen-bond acceptors (Lipinski definition) is 3. The monoisotopic (exact) mass is 315 g/mol. The molecule has 1 aromatic rings. The zero-order valence-electron chi connectivity index (χ0n) is 14.1. The molecule has 1 heterocycles. The van der Waals surface area contributed by atoms with Crippen molar-refractivity contribution in [3.8, 4) is 0 Å². The van der Waals surface area contributed by atoms with Crippen LogP contribution in [0.15, 0.2) is 49.8 Å². The van der Waals surface area contributed by atoms with E-state index in [9.17, 15) is 9.59 Å². The summed E-state index contributed by atoms with van der Waals surface area (Å²) in [5.41, 5.74) is -0.567. The molecule has 1 rings (SSSR count). The van der Waals surface area contributed by atoms with Crippen molar-refractivity contribution in [1.29, 1.82) is 0 Å². The minimum atomic E-state index is -1.01. The van der Waals surface area contributed by atoms with Crippen LogP contribution in [0.4, 0.5) is 0 Å². The fourth-order valence-electron chi connectivity index (χ4n) is 2.30. The molecule has 0 bridgehead atoms. The Hall–Kier alpha value is -2.43. The van der Waals surface area contributed by atoms with E-state index < -0.39 is 5.54 Å². The van der Waals surface area contributed by atoms with E-state index in [4.69, 9.17) is 0 Å². The van der Waals surface area contributed by atoms with Gasteiger partial charge < -0.3 is 10.2 Å². The molecule has 0 aromatic carbocycles. The number of nitrogens with one attached hydrogen (secondary N) is 1. The molecule has 2 amide bonds. The first-order valence-corrected chi connectivity index (χ1v) is 7.61. The van der Waals surface area contributed by atoms with Gasteiger partial charge in [-0.15, -0.1) is 13.2 Å². The highest BCUT2D eigenvalue weighted by Gasteiger charge is 2.44. The van der Waals surface area contributed by atoms with Crippen LogP contribution in [0.2, 0.25) is 0 Å². The summed E-state index contributed by atoms with van der Waals surface area (Å²) in [7, 11) is 0. The Morgan fingerprint density at radius 3 is 2.57 bits per heavy atom. The molecule has 0 aliphatic heterocycles.